The van der Waals surface area contributed by atoms with E-state index in [1.54, 1.807) is 0 Å². The van der Waals surface area contributed by atoms with Crippen molar-refractivity contribution in [2.45, 2.75) is 12.6 Å². The predicted octanol–water partition coefficient (Wildman–Crippen LogP) is 3.31. The number of piperazine rings is 1. The number of hydrogen-bond donors (Lipinski definition) is 1. The lowest BCUT2D eigenvalue weighted by Crippen LogP contribution is -2.48. The summed E-state index contributed by atoms with van der Waals surface area (Å²) in [5.41, 5.74) is 3.45. The fourth-order valence-electron chi connectivity index (χ4n) is 3.77. The van der Waals surface area contributed by atoms with Gasteiger partial charge in [0.25, 0.3) is 0 Å². The van der Waals surface area contributed by atoms with E-state index in [9.17, 15) is 5.11 Å². The van der Waals surface area contributed by atoms with Gasteiger partial charge in [0.15, 0.2) is 0 Å². The smallest absolute Gasteiger partial charge is 0.119 e. The van der Waals surface area contributed by atoms with Crippen LogP contribution in [0.2, 0.25) is 0 Å². The fourth-order valence-corrected chi connectivity index (χ4v) is 3.77. The molecule has 0 spiro atoms. The van der Waals surface area contributed by atoms with Crippen LogP contribution in [0.15, 0.2) is 79.0 Å². The van der Waals surface area contributed by atoms with Crippen LogP contribution in [-0.2, 0) is 6.54 Å². The minimum absolute atomic E-state index is 0.304. The van der Waals surface area contributed by atoms with Crippen molar-refractivity contribution in [1.82, 2.24) is 14.8 Å². The molecule has 3 aromatic rings. The van der Waals surface area contributed by atoms with Gasteiger partial charge in [-0.15, -0.1) is 0 Å². The normalized spacial score (nSPS) is 16.3. The van der Waals surface area contributed by atoms with Crippen molar-refractivity contribution in [1.29, 1.82) is 0 Å². The summed E-state index contributed by atoms with van der Waals surface area (Å²) in [6.45, 7) is 5.72. The number of hydrogen-bond acceptors (Lipinski definition) is 5. The molecule has 5 nitrogen and oxygen atoms in total. The molecule has 1 aliphatic heterocycles. The molecule has 2 aromatic carbocycles. The Balaban J connectivity index is 1.18. The number of ether oxygens (including phenoxy) is 1. The Labute approximate surface area is 178 Å². The first-order valence-corrected chi connectivity index (χ1v) is 10.6. The van der Waals surface area contributed by atoms with Gasteiger partial charge >= 0.3 is 0 Å². The molecule has 0 amide bonds. The average Bonchev–Trinajstić information content (AvgIpc) is 2.81. The number of pyridine rings is 1. The summed E-state index contributed by atoms with van der Waals surface area (Å²) in [6.07, 6.45) is 1.35. The zero-order valence-corrected chi connectivity index (χ0v) is 17.2. The molecular formula is C25H29N3O2. The topological polar surface area (TPSA) is 48.8 Å². The van der Waals surface area contributed by atoms with Gasteiger partial charge in [0, 0.05) is 45.5 Å². The number of benzene rings is 2. The molecule has 0 saturated carbocycles. The summed E-state index contributed by atoms with van der Waals surface area (Å²) >= 11 is 0. The van der Waals surface area contributed by atoms with E-state index in [0.717, 1.165) is 49.7 Å². The second-order valence-corrected chi connectivity index (χ2v) is 7.75. The SMILES string of the molecule is O[C@H](COc1ccc(-c2ccccc2)cc1)CN1CCN(Cc2ccccn2)CC1. The molecule has 1 aliphatic rings. The van der Waals surface area contributed by atoms with Crippen molar-refractivity contribution >= 4 is 0 Å². The van der Waals surface area contributed by atoms with Crippen LogP contribution in [0, 0.1) is 0 Å². The summed E-state index contributed by atoms with van der Waals surface area (Å²) in [6, 6.07) is 24.4. The molecule has 1 N–H and O–H groups in total. The second-order valence-electron chi connectivity index (χ2n) is 7.75. The summed E-state index contributed by atoms with van der Waals surface area (Å²) in [4.78, 5) is 9.12. The maximum atomic E-state index is 10.4. The van der Waals surface area contributed by atoms with Crippen LogP contribution < -0.4 is 4.74 Å². The molecule has 1 saturated heterocycles. The highest BCUT2D eigenvalue weighted by atomic mass is 16.5. The molecule has 156 valence electrons. The third kappa shape index (κ3) is 5.89. The van der Waals surface area contributed by atoms with Gasteiger partial charge in [0.05, 0.1) is 5.69 Å². The minimum atomic E-state index is -0.499. The molecule has 1 fully saturated rings. The van der Waals surface area contributed by atoms with Crippen molar-refractivity contribution in [3.63, 3.8) is 0 Å². The van der Waals surface area contributed by atoms with E-state index in [0.29, 0.717) is 13.2 Å². The van der Waals surface area contributed by atoms with Crippen LogP contribution in [0.4, 0.5) is 0 Å². The Bertz CT molecular complexity index is 879. The lowest BCUT2D eigenvalue weighted by atomic mass is 10.1. The van der Waals surface area contributed by atoms with Gasteiger partial charge in [-0.25, -0.2) is 0 Å². The molecule has 2 heterocycles. The number of rotatable bonds is 8. The fraction of sp³-hybridized carbons (Fsp3) is 0.320. The Morgan fingerprint density at radius 1 is 0.800 bits per heavy atom. The molecule has 0 unspecified atom stereocenters. The van der Waals surface area contributed by atoms with E-state index in [1.807, 2.05) is 48.7 Å². The Morgan fingerprint density at radius 2 is 1.47 bits per heavy atom. The highest BCUT2D eigenvalue weighted by Gasteiger charge is 2.19. The Morgan fingerprint density at radius 3 is 2.17 bits per heavy atom. The molecule has 0 radical (unpaired) electrons. The van der Waals surface area contributed by atoms with Gasteiger partial charge in [-0.3, -0.25) is 14.8 Å². The molecular weight excluding hydrogens is 374 g/mol. The molecule has 4 rings (SSSR count). The highest BCUT2D eigenvalue weighted by molar-refractivity contribution is 5.63. The van der Waals surface area contributed by atoms with Crippen LogP contribution in [0.25, 0.3) is 11.1 Å². The van der Waals surface area contributed by atoms with Crippen LogP contribution >= 0.6 is 0 Å². The molecule has 0 bridgehead atoms. The lowest BCUT2D eigenvalue weighted by Gasteiger charge is -2.35. The van der Waals surface area contributed by atoms with Gasteiger partial charge in [-0.2, -0.15) is 0 Å². The summed E-state index contributed by atoms with van der Waals surface area (Å²) in [7, 11) is 0. The van der Waals surface area contributed by atoms with Crippen LogP contribution in [0.3, 0.4) is 0 Å². The summed E-state index contributed by atoms with van der Waals surface area (Å²) in [5, 5.41) is 10.4. The predicted molar refractivity (Wildman–Crippen MR) is 119 cm³/mol. The lowest BCUT2D eigenvalue weighted by molar-refractivity contribution is 0.0444. The Hall–Kier alpha value is -2.73. The zero-order valence-electron chi connectivity index (χ0n) is 17.2. The summed E-state index contributed by atoms with van der Waals surface area (Å²) < 4.78 is 5.80. The van der Waals surface area contributed by atoms with E-state index >= 15 is 0 Å². The van der Waals surface area contributed by atoms with Gasteiger partial charge in [0.1, 0.15) is 18.5 Å². The van der Waals surface area contributed by atoms with Gasteiger partial charge in [-0.05, 0) is 35.4 Å². The third-order valence-electron chi connectivity index (χ3n) is 5.45. The van der Waals surface area contributed by atoms with Gasteiger partial charge in [0.2, 0.25) is 0 Å². The second kappa shape index (κ2) is 10.3. The van der Waals surface area contributed by atoms with E-state index in [2.05, 4.69) is 45.1 Å². The van der Waals surface area contributed by atoms with Crippen molar-refractivity contribution < 1.29 is 9.84 Å². The van der Waals surface area contributed by atoms with Crippen LogP contribution in [0.5, 0.6) is 5.75 Å². The molecule has 0 aliphatic carbocycles. The number of aliphatic hydroxyl groups is 1. The number of nitrogens with zero attached hydrogens (tertiary/aromatic N) is 3. The van der Waals surface area contributed by atoms with E-state index in [4.69, 9.17) is 4.74 Å². The van der Waals surface area contributed by atoms with Crippen LogP contribution in [0.1, 0.15) is 5.69 Å². The largest absolute Gasteiger partial charge is 0.491 e. The third-order valence-corrected chi connectivity index (χ3v) is 5.45. The molecule has 30 heavy (non-hydrogen) atoms. The van der Waals surface area contributed by atoms with Gasteiger partial charge < -0.3 is 9.84 Å². The molecule has 1 aromatic heterocycles. The van der Waals surface area contributed by atoms with Crippen molar-refractivity contribution in [2.24, 2.45) is 0 Å². The van der Waals surface area contributed by atoms with Crippen molar-refractivity contribution in [2.75, 3.05) is 39.3 Å². The number of aliphatic hydroxyl groups excluding tert-OH is 1. The highest BCUT2D eigenvalue weighted by Crippen LogP contribution is 2.22. The molecule has 5 heteroatoms. The minimum Gasteiger partial charge on any atom is -0.491 e. The van der Waals surface area contributed by atoms with E-state index < -0.39 is 6.10 Å². The number of aromatic nitrogens is 1. The van der Waals surface area contributed by atoms with Crippen LogP contribution in [-0.4, -0.2) is 65.3 Å². The first-order valence-electron chi connectivity index (χ1n) is 10.6. The standard InChI is InChI=1S/C25H29N3O2/c29-24(19-28-16-14-27(15-17-28)18-23-8-4-5-13-26-23)20-30-25-11-9-22(10-12-25)21-6-2-1-3-7-21/h1-13,24,29H,14-20H2/t24-/m0/s1. The van der Waals surface area contributed by atoms with Crippen molar-refractivity contribution in [3.05, 3.63) is 84.7 Å². The van der Waals surface area contributed by atoms with Gasteiger partial charge in [-0.1, -0.05) is 48.5 Å². The van der Waals surface area contributed by atoms with E-state index in [1.165, 1.54) is 5.56 Å². The monoisotopic (exact) mass is 403 g/mol. The maximum absolute atomic E-state index is 10.4. The average molecular weight is 404 g/mol. The first-order chi connectivity index (χ1) is 14.8. The quantitative estimate of drug-likeness (QED) is 0.625. The Kier molecular flexibility index (Phi) is 7.08. The van der Waals surface area contributed by atoms with E-state index in [-0.39, 0.29) is 0 Å². The summed E-state index contributed by atoms with van der Waals surface area (Å²) in [5.74, 6) is 0.786. The maximum Gasteiger partial charge on any atom is 0.119 e. The number of β-amino-alcohol motifs (C(OH)–C–C–N with tert-alkyl or cyclic N) is 1. The first kappa shape index (κ1) is 20.5. The van der Waals surface area contributed by atoms with Crippen molar-refractivity contribution in [3.8, 4) is 16.9 Å². The zero-order chi connectivity index (χ0) is 20.6. The molecule has 1 atom stereocenters.